The van der Waals surface area contributed by atoms with Crippen molar-refractivity contribution in [2.45, 2.75) is 13.5 Å². The molecule has 0 aromatic heterocycles. The summed E-state index contributed by atoms with van der Waals surface area (Å²) in [6.45, 7) is 2.58. The van der Waals surface area contributed by atoms with Gasteiger partial charge in [0.15, 0.2) is 0 Å². The minimum atomic E-state index is -0.834. The average Bonchev–Trinajstić information content (AvgIpc) is 2.10. The van der Waals surface area contributed by atoms with Crippen LogP contribution < -0.4 is 5.32 Å². The summed E-state index contributed by atoms with van der Waals surface area (Å²) in [7, 11) is 0. The molecule has 14 heavy (non-hydrogen) atoms. The Morgan fingerprint density at radius 1 is 1.57 bits per heavy atom. The minimum Gasteiger partial charge on any atom is -0.480 e. The lowest BCUT2D eigenvalue weighted by Gasteiger charge is -2.04. The predicted molar refractivity (Wildman–Crippen MR) is 58.2 cm³/mol. The molecule has 0 spiro atoms. The van der Waals surface area contributed by atoms with Crippen molar-refractivity contribution in [2.75, 3.05) is 6.54 Å². The molecule has 0 heterocycles. The lowest BCUT2D eigenvalue weighted by molar-refractivity contribution is -0.135. The Hall–Kier alpha value is -0.870. The van der Waals surface area contributed by atoms with E-state index in [1.165, 1.54) is 0 Å². The first kappa shape index (κ1) is 11.2. The number of hydrogen-bond donors (Lipinski definition) is 2. The van der Waals surface area contributed by atoms with Crippen LogP contribution in [0.25, 0.3) is 0 Å². The van der Waals surface area contributed by atoms with Gasteiger partial charge in [-0.3, -0.25) is 4.79 Å². The van der Waals surface area contributed by atoms with Crippen molar-refractivity contribution >= 4 is 21.9 Å². The summed E-state index contributed by atoms with van der Waals surface area (Å²) in [5, 5.41) is 11.3. The molecule has 0 aliphatic rings. The third-order valence-corrected chi connectivity index (χ3v) is 2.72. The second-order valence-electron chi connectivity index (χ2n) is 3.08. The van der Waals surface area contributed by atoms with Gasteiger partial charge < -0.3 is 10.4 Å². The fraction of sp³-hybridized carbons (Fsp3) is 0.300. The van der Waals surface area contributed by atoms with E-state index in [2.05, 4.69) is 21.2 Å². The second-order valence-corrected chi connectivity index (χ2v) is 3.94. The van der Waals surface area contributed by atoms with Crippen molar-refractivity contribution in [1.82, 2.24) is 5.32 Å². The van der Waals surface area contributed by atoms with Crippen LogP contribution in [0, 0.1) is 6.92 Å². The van der Waals surface area contributed by atoms with Crippen molar-refractivity contribution in [3.05, 3.63) is 33.8 Å². The predicted octanol–water partition coefficient (Wildman–Crippen LogP) is 1.93. The van der Waals surface area contributed by atoms with Crippen LogP contribution in [0.4, 0.5) is 0 Å². The lowest BCUT2D eigenvalue weighted by Crippen LogP contribution is -2.21. The van der Waals surface area contributed by atoms with Gasteiger partial charge in [-0.2, -0.15) is 0 Å². The van der Waals surface area contributed by atoms with E-state index in [1.54, 1.807) is 0 Å². The Labute approximate surface area is 91.3 Å². The number of halogens is 1. The highest BCUT2D eigenvalue weighted by Crippen LogP contribution is 2.16. The van der Waals surface area contributed by atoms with Gasteiger partial charge in [0, 0.05) is 11.0 Å². The van der Waals surface area contributed by atoms with E-state index < -0.39 is 5.97 Å². The molecule has 0 saturated heterocycles. The van der Waals surface area contributed by atoms with Gasteiger partial charge in [0.05, 0.1) is 6.54 Å². The van der Waals surface area contributed by atoms with E-state index in [-0.39, 0.29) is 6.54 Å². The molecule has 4 heteroatoms. The van der Waals surface area contributed by atoms with Crippen LogP contribution in [0.1, 0.15) is 11.1 Å². The highest BCUT2D eigenvalue weighted by Gasteiger charge is 1.98. The zero-order valence-electron chi connectivity index (χ0n) is 7.88. The molecule has 0 radical (unpaired) electrons. The number of aliphatic carboxylic acids is 1. The largest absolute Gasteiger partial charge is 0.480 e. The highest BCUT2D eigenvalue weighted by molar-refractivity contribution is 9.10. The maximum absolute atomic E-state index is 10.2. The molecule has 0 aliphatic heterocycles. The molecule has 0 fully saturated rings. The Morgan fingerprint density at radius 2 is 2.29 bits per heavy atom. The van der Waals surface area contributed by atoms with Crippen LogP contribution in [-0.4, -0.2) is 17.6 Å². The van der Waals surface area contributed by atoms with Crippen LogP contribution in [0.15, 0.2) is 22.7 Å². The Bertz CT molecular complexity index is 339. The molecule has 2 N–H and O–H groups in total. The summed E-state index contributed by atoms with van der Waals surface area (Å²) in [5.41, 5.74) is 2.24. The van der Waals surface area contributed by atoms with Crippen molar-refractivity contribution in [3.8, 4) is 0 Å². The number of nitrogens with one attached hydrogen (secondary N) is 1. The fourth-order valence-electron chi connectivity index (χ4n) is 1.13. The third kappa shape index (κ3) is 3.47. The molecule has 0 atom stereocenters. The molecule has 76 valence electrons. The van der Waals surface area contributed by atoms with E-state index in [1.807, 2.05) is 25.1 Å². The van der Waals surface area contributed by atoms with Crippen LogP contribution in [0.3, 0.4) is 0 Å². The van der Waals surface area contributed by atoms with E-state index in [0.29, 0.717) is 6.54 Å². The summed E-state index contributed by atoms with van der Waals surface area (Å²) in [5.74, 6) is -0.834. The zero-order chi connectivity index (χ0) is 10.6. The first-order valence-corrected chi connectivity index (χ1v) is 5.06. The van der Waals surface area contributed by atoms with Crippen molar-refractivity contribution in [2.24, 2.45) is 0 Å². The number of carbonyl (C=O) groups is 1. The van der Waals surface area contributed by atoms with Crippen molar-refractivity contribution < 1.29 is 9.90 Å². The SMILES string of the molecule is Cc1cc(CNCC(=O)O)ccc1Br. The number of rotatable bonds is 4. The van der Waals surface area contributed by atoms with E-state index in [0.717, 1.165) is 15.6 Å². The second kappa shape index (κ2) is 5.12. The fourth-order valence-corrected chi connectivity index (χ4v) is 1.38. The number of carboxylic acids is 1. The average molecular weight is 258 g/mol. The molecule has 1 rings (SSSR count). The first-order valence-electron chi connectivity index (χ1n) is 4.27. The van der Waals surface area contributed by atoms with Crippen molar-refractivity contribution in [1.29, 1.82) is 0 Å². The molecule has 3 nitrogen and oxygen atoms in total. The summed E-state index contributed by atoms with van der Waals surface area (Å²) < 4.78 is 1.07. The number of hydrogen-bond acceptors (Lipinski definition) is 2. The number of carboxylic acid groups (broad SMARTS) is 1. The van der Waals surface area contributed by atoms with Crippen LogP contribution >= 0.6 is 15.9 Å². The highest BCUT2D eigenvalue weighted by atomic mass is 79.9. The Balaban J connectivity index is 2.51. The molecule has 0 saturated carbocycles. The topological polar surface area (TPSA) is 49.3 Å². The Morgan fingerprint density at radius 3 is 2.86 bits per heavy atom. The van der Waals surface area contributed by atoms with Gasteiger partial charge in [-0.25, -0.2) is 0 Å². The van der Waals surface area contributed by atoms with Gasteiger partial charge >= 0.3 is 5.97 Å². The summed E-state index contributed by atoms with van der Waals surface area (Å²) >= 11 is 3.41. The minimum absolute atomic E-state index is 0.00485. The van der Waals surface area contributed by atoms with Crippen molar-refractivity contribution in [3.63, 3.8) is 0 Å². The van der Waals surface area contributed by atoms with Gasteiger partial charge in [0.1, 0.15) is 0 Å². The Kier molecular flexibility index (Phi) is 4.10. The van der Waals surface area contributed by atoms with E-state index >= 15 is 0 Å². The summed E-state index contributed by atoms with van der Waals surface area (Å²) in [6, 6.07) is 5.96. The molecule has 0 bridgehead atoms. The van der Waals surface area contributed by atoms with Crippen LogP contribution in [0.2, 0.25) is 0 Å². The summed E-state index contributed by atoms with van der Waals surface area (Å²) in [4.78, 5) is 10.2. The van der Waals surface area contributed by atoms with Gasteiger partial charge in [-0.15, -0.1) is 0 Å². The first-order chi connectivity index (χ1) is 6.59. The van der Waals surface area contributed by atoms with Crippen LogP contribution in [0.5, 0.6) is 0 Å². The van der Waals surface area contributed by atoms with E-state index in [4.69, 9.17) is 5.11 Å². The normalized spacial score (nSPS) is 10.1. The lowest BCUT2D eigenvalue weighted by atomic mass is 10.1. The zero-order valence-corrected chi connectivity index (χ0v) is 9.47. The summed E-state index contributed by atoms with van der Waals surface area (Å²) in [6.07, 6.45) is 0. The third-order valence-electron chi connectivity index (χ3n) is 1.83. The maximum Gasteiger partial charge on any atom is 0.317 e. The monoisotopic (exact) mass is 257 g/mol. The molecule has 1 aromatic carbocycles. The molecular formula is C10H12BrNO2. The standard InChI is InChI=1S/C10H12BrNO2/c1-7-4-8(2-3-9(7)11)5-12-6-10(13)14/h2-4,12H,5-6H2,1H3,(H,13,14). The molecule has 0 unspecified atom stereocenters. The van der Waals surface area contributed by atoms with Gasteiger partial charge in [-0.05, 0) is 24.1 Å². The molecule has 0 amide bonds. The van der Waals surface area contributed by atoms with Gasteiger partial charge in [0.25, 0.3) is 0 Å². The molecular weight excluding hydrogens is 246 g/mol. The number of aryl methyl sites for hydroxylation is 1. The van der Waals surface area contributed by atoms with E-state index in [9.17, 15) is 4.79 Å². The van der Waals surface area contributed by atoms with Crippen LogP contribution in [-0.2, 0) is 11.3 Å². The number of benzene rings is 1. The quantitative estimate of drug-likeness (QED) is 0.867. The maximum atomic E-state index is 10.2. The van der Waals surface area contributed by atoms with Gasteiger partial charge in [0.2, 0.25) is 0 Å². The smallest absolute Gasteiger partial charge is 0.317 e. The molecule has 1 aromatic rings. The molecule has 0 aliphatic carbocycles. The van der Waals surface area contributed by atoms with Gasteiger partial charge in [-0.1, -0.05) is 28.1 Å².